The van der Waals surface area contributed by atoms with Crippen molar-refractivity contribution in [1.82, 2.24) is 5.32 Å². The number of benzene rings is 1. The molecule has 0 bridgehead atoms. The van der Waals surface area contributed by atoms with Crippen molar-refractivity contribution in [2.24, 2.45) is 0 Å². The molecule has 0 aliphatic rings. The minimum atomic E-state index is -0.560. The average molecular weight is 215 g/mol. The Bertz CT molecular complexity index is 293. The van der Waals surface area contributed by atoms with Gasteiger partial charge >= 0.3 is 0 Å². The molecule has 0 heterocycles. The predicted molar refractivity (Wildman–Crippen MR) is 54.4 cm³/mol. The van der Waals surface area contributed by atoms with Crippen LogP contribution >= 0.6 is 0 Å². The Hall–Kier alpha value is -1.00. The second-order valence-corrected chi connectivity index (χ2v) is 3.37. The van der Waals surface area contributed by atoms with Crippen molar-refractivity contribution in [2.45, 2.75) is 25.9 Å². The van der Waals surface area contributed by atoms with Crippen molar-refractivity contribution in [3.8, 4) is 0 Å². The summed E-state index contributed by atoms with van der Waals surface area (Å²) in [5.74, 6) is -1.12. The van der Waals surface area contributed by atoms with Crippen LogP contribution in [0, 0.1) is 11.6 Å². The maximum absolute atomic E-state index is 13.2. The van der Waals surface area contributed by atoms with Gasteiger partial charge in [0.05, 0.1) is 6.61 Å². The molecule has 0 saturated carbocycles. The molecular weight excluding hydrogens is 200 g/mol. The molecule has 0 amide bonds. The molecule has 0 saturated heterocycles. The number of rotatable bonds is 5. The van der Waals surface area contributed by atoms with Crippen LogP contribution in [0.25, 0.3) is 0 Å². The monoisotopic (exact) mass is 215 g/mol. The molecule has 1 aromatic rings. The summed E-state index contributed by atoms with van der Waals surface area (Å²) in [6.45, 7) is 1.95. The summed E-state index contributed by atoms with van der Waals surface area (Å²) in [5.41, 5.74) is 0.0180. The molecule has 1 unspecified atom stereocenters. The second kappa shape index (κ2) is 5.78. The van der Waals surface area contributed by atoms with Gasteiger partial charge in [0.15, 0.2) is 0 Å². The standard InChI is InChI=1S/C11H15F2NO/c1-2-8(7-15)14-6-9-10(12)4-3-5-11(9)13/h3-5,8,14-15H,2,6-7H2,1H3. The van der Waals surface area contributed by atoms with Crippen molar-refractivity contribution < 1.29 is 13.9 Å². The van der Waals surface area contributed by atoms with Crippen molar-refractivity contribution in [3.05, 3.63) is 35.4 Å². The van der Waals surface area contributed by atoms with Crippen LogP contribution in [0.1, 0.15) is 18.9 Å². The van der Waals surface area contributed by atoms with Gasteiger partial charge in [-0.3, -0.25) is 0 Å². The highest BCUT2D eigenvalue weighted by atomic mass is 19.1. The number of halogens is 2. The van der Waals surface area contributed by atoms with Crippen molar-refractivity contribution in [2.75, 3.05) is 6.61 Å². The first-order chi connectivity index (χ1) is 7.19. The van der Waals surface area contributed by atoms with Crippen LogP contribution in [0.4, 0.5) is 8.78 Å². The van der Waals surface area contributed by atoms with Gasteiger partial charge in [0.2, 0.25) is 0 Å². The lowest BCUT2D eigenvalue weighted by Gasteiger charge is -2.14. The van der Waals surface area contributed by atoms with E-state index in [1.807, 2.05) is 6.92 Å². The van der Waals surface area contributed by atoms with Crippen LogP contribution in [0.5, 0.6) is 0 Å². The quantitative estimate of drug-likeness (QED) is 0.785. The minimum absolute atomic E-state index is 0.0180. The third-order valence-corrected chi connectivity index (χ3v) is 2.34. The van der Waals surface area contributed by atoms with E-state index >= 15 is 0 Å². The van der Waals surface area contributed by atoms with E-state index in [1.165, 1.54) is 18.2 Å². The van der Waals surface area contributed by atoms with E-state index in [0.29, 0.717) is 6.42 Å². The van der Waals surface area contributed by atoms with Crippen LogP contribution in [-0.4, -0.2) is 17.8 Å². The Kier molecular flexibility index (Phi) is 4.65. The Morgan fingerprint density at radius 1 is 1.33 bits per heavy atom. The summed E-state index contributed by atoms with van der Waals surface area (Å²) in [6, 6.07) is 3.65. The molecule has 0 fully saturated rings. The fourth-order valence-electron chi connectivity index (χ4n) is 1.29. The number of hydrogen-bond donors (Lipinski definition) is 2. The van der Waals surface area contributed by atoms with Crippen LogP contribution in [0.2, 0.25) is 0 Å². The predicted octanol–water partition coefficient (Wildman–Crippen LogP) is 1.83. The van der Waals surface area contributed by atoms with Crippen LogP contribution in [0.15, 0.2) is 18.2 Å². The van der Waals surface area contributed by atoms with E-state index < -0.39 is 11.6 Å². The van der Waals surface area contributed by atoms with E-state index in [9.17, 15) is 8.78 Å². The Morgan fingerprint density at radius 2 is 1.93 bits per heavy atom. The molecule has 2 nitrogen and oxygen atoms in total. The molecule has 84 valence electrons. The zero-order valence-electron chi connectivity index (χ0n) is 8.63. The maximum atomic E-state index is 13.2. The number of aliphatic hydroxyl groups excluding tert-OH is 1. The second-order valence-electron chi connectivity index (χ2n) is 3.37. The first kappa shape index (κ1) is 12.1. The molecular formula is C11H15F2NO. The highest BCUT2D eigenvalue weighted by Gasteiger charge is 2.10. The van der Waals surface area contributed by atoms with E-state index in [-0.39, 0.29) is 24.8 Å². The molecule has 0 aliphatic carbocycles. The van der Waals surface area contributed by atoms with Gasteiger partial charge in [-0.25, -0.2) is 8.78 Å². The Labute approximate surface area is 87.9 Å². The van der Waals surface area contributed by atoms with Crippen LogP contribution in [-0.2, 0) is 6.54 Å². The summed E-state index contributed by atoms with van der Waals surface area (Å²) < 4.78 is 26.3. The highest BCUT2D eigenvalue weighted by Crippen LogP contribution is 2.11. The van der Waals surface area contributed by atoms with Gasteiger partial charge in [-0.05, 0) is 18.6 Å². The minimum Gasteiger partial charge on any atom is -0.395 e. The highest BCUT2D eigenvalue weighted by molar-refractivity contribution is 5.19. The van der Waals surface area contributed by atoms with Crippen LogP contribution in [0.3, 0.4) is 0 Å². The summed E-state index contributed by atoms with van der Waals surface area (Å²) >= 11 is 0. The fraction of sp³-hybridized carbons (Fsp3) is 0.455. The molecule has 1 rings (SSSR count). The van der Waals surface area contributed by atoms with Gasteiger partial charge in [0.1, 0.15) is 11.6 Å². The molecule has 0 radical (unpaired) electrons. The van der Waals surface area contributed by atoms with Crippen molar-refractivity contribution >= 4 is 0 Å². The third-order valence-electron chi connectivity index (χ3n) is 2.34. The molecule has 1 atom stereocenters. The number of aliphatic hydroxyl groups is 1. The van der Waals surface area contributed by atoms with Gasteiger partial charge in [0, 0.05) is 18.2 Å². The molecule has 1 aromatic carbocycles. The smallest absolute Gasteiger partial charge is 0.130 e. The molecule has 0 aliphatic heterocycles. The first-order valence-electron chi connectivity index (χ1n) is 4.96. The molecule has 15 heavy (non-hydrogen) atoms. The zero-order chi connectivity index (χ0) is 11.3. The molecule has 0 aromatic heterocycles. The van der Waals surface area contributed by atoms with Gasteiger partial charge in [-0.2, -0.15) is 0 Å². The van der Waals surface area contributed by atoms with Crippen molar-refractivity contribution in [1.29, 1.82) is 0 Å². The Morgan fingerprint density at radius 3 is 2.40 bits per heavy atom. The van der Waals surface area contributed by atoms with E-state index in [2.05, 4.69) is 5.32 Å². The molecule has 0 spiro atoms. The Balaban J connectivity index is 2.64. The average Bonchev–Trinajstić information content (AvgIpc) is 2.23. The number of nitrogens with one attached hydrogen (secondary N) is 1. The first-order valence-corrected chi connectivity index (χ1v) is 4.96. The van der Waals surface area contributed by atoms with Gasteiger partial charge in [0.25, 0.3) is 0 Å². The fourth-order valence-corrected chi connectivity index (χ4v) is 1.29. The number of hydrogen-bond acceptors (Lipinski definition) is 2. The SMILES string of the molecule is CCC(CO)NCc1c(F)cccc1F. The largest absolute Gasteiger partial charge is 0.395 e. The van der Waals surface area contributed by atoms with E-state index in [0.717, 1.165) is 0 Å². The van der Waals surface area contributed by atoms with Crippen molar-refractivity contribution in [3.63, 3.8) is 0 Å². The lowest BCUT2D eigenvalue weighted by molar-refractivity contribution is 0.237. The van der Waals surface area contributed by atoms with Gasteiger partial charge in [-0.15, -0.1) is 0 Å². The van der Waals surface area contributed by atoms with Gasteiger partial charge < -0.3 is 10.4 Å². The van der Waals surface area contributed by atoms with E-state index in [4.69, 9.17) is 5.11 Å². The summed E-state index contributed by atoms with van der Waals surface area (Å²) in [4.78, 5) is 0. The van der Waals surface area contributed by atoms with Gasteiger partial charge in [-0.1, -0.05) is 13.0 Å². The normalized spacial score (nSPS) is 12.8. The maximum Gasteiger partial charge on any atom is 0.130 e. The summed E-state index contributed by atoms with van der Waals surface area (Å²) in [5, 5.41) is 11.8. The van der Waals surface area contributed by atoms with Crippen LogP contribution < -0.4 is 5.32 Å². The zero-order valence-corrected chi connectivity index (χ0v) is 8.63. The summed E-state index contributed by atoms with van der Waals surface area (Å²) in [7, 11) is 0. The summed E-state index contributed by atoms with van der Waals surface area (Å²) in [6.07, 6.45) is 0.715. The molecule has 4 heteroatoms. The molecule has 2 N–H and O–H groups in total. The topological polar surface area (TPSA) is 32.3 Å². The lowest BCUT2D eigenvalue weighted by atomic mass is 10.1. The van der Waals surface area contributed by atoms with E-state index in [1.54, 1.807) is 0 Å². The third kappa shape index (κ3) is 3.25. The lowest BCUT2D eigenvalue weighted by Crippen LogP contribution is -2.31.